The minimum absolute atomic E-state index is 0.197. The molecule has 20 heavy (non-hydrogen) atoms. The minimum atomic E-state index is -0.507. The Kier molecular flexibility index (Phi) is 5.14. The van der Waals surface area contributed by atoms with E-state index in [1.54, 1.807) is 24.3 Å². The molecule has 0 aliphatic rings. The second-order valence-corrected chi connectivity index (χ2v) is 7.87. The number of hydrogen-bond donors (Lipinski definition) is 1. The lowest BCUT2D eigenvalue weighted by atomic mass is 9.98. The van der Waals surface area contributed by atoms with Crippen LogP contribution in [0.4, 0.5) is 8.78 Å². The molecule has 1 aromatic carbocycles. The summed E-state index contributed by atoms with van der Waals surface area (Å²) in [6.45, 7) is 5.68. The van der Waals surface area contributed by atoms with E-state index in [2.05, 4.69) is 27.9 Å². The number of halogens is 3. The number of nitrogens with one attached hydrogen (secondary N) is 1. The van der Waals surface area contributed by atoms with Crippen molar-refractivity contribution in [3.8, 4) is 0 Å². The SMILES string of the molecule is Cc1cc(C(NC(C)C)c2csc(I)c2)c(F)cc1F. The van der Waals surface area contributed by atoms with Gasteiger partial charge >= 0.3 is 0 Å². The van der Waals surface area contributed by atoms with Gasteiger partial charge in [0.15, 0.2) is 0 Å². The van der Waals surface area contributed by atoms with Gasteiger partial charge < -0.3 is 5.32 Å². The smallest absolute Gasteiger partial charge is 0.131 e. The Morgan fingerprint density at radius 1 is 1.15 bits per heavy atom. The van der Waals surface area contributed by atoms with E-state index >= 15 is 0 Å². The lowest BCUT2D eigenvalue weighted by Crippen LogP contribution is -2.29. The third-order valence-electron chi connectivity index (χ3n) is 3.01. The molecule has 1 heterocycles. The summed E-state index contributed by atoms with van der Waals surface area (Å²) < 4.78 is 28.7. The van der Waals surface area contributed by atoms with Gasteiger partial charge in [0.05, 0.1) is 8.93 Å². The van der Waals surface area contributed by atoms with Crippen LogP contribution < -0.4 is 5.32 Å². The maximum absolute atomic E-state index is 14.1. The zero-order chi connectivity index (χ0) is 14.9. The van der Waals surface area contributed by atoms with E-state index in [0.717, 1.165) is 14.5 Å². The Hall–Kier alpha value is -0.530. The summed E-state index contributed by atoms with van der Waals surface area (Å²) in [6, 6.07) is 4.53. The molecule has 2 aromatic rings. The predicted octanol–water partition coefficient (Wildman–Crippen LogP) is 5.03. The van der Waals surface area contributed by atoms with E-state index in [4.69, 9.17) is 0 Å². The Bertz CT molecular complexity index is 610. The van der Waals surface area contributed by atoms with Gasteiger partial charge in [-0.05, 0) is 72.0 Å². The first-order valence-corrected chi connectivity index (χ1v) is 8.30. The molecule has 0 fully saturated rings. The molecule has 1 atom stereocenters. The fourth-order valence-corrected chi connectivity index (χ4v) is 3.47. The molecule has 0 saturated heterocycles. The highest BCUT2D eigenvalue weighted by molar-refractivity contribution is 14.1. The second kappa shape index (κ2) is 6.49. The number of benzene rings is 1. The van der Waals surface area contributed by atoms with E-state index in [1.807, 2.05) is 25.3 Å². The topological polar surface area (TPSA) is 12.0 Å². The molecule has 1 unspecified atom stereocenters. The average Bonchev–Trinajstić information content (AvgIpc) is 2.77. The third kappa shape index (κ3) is 3.56. The summed E-state index contributed by atoms with van der Waals surface area (Å²) in [4.78, 5) is 0. The van der Waals surface area contributed by atoms with Crippen LogP contribution in [0, 0.1) is 21.4 Å². The van der Waals surface area contributed by atoms with Crippen molar-refractivity contribution in [2.75, 3.05) is 0 Å². The van der Waals surface area contributed by atoms with Gasteiger partial charge in [0.25, 0.3) is 0 Å². The number of rotatable bonds is 4. The molecule has 0 radical (unpaired) electrons. The molecule has 0 bridgehead atoms. The lowest BCUT2D eigenvalue weighted by Gasteiger charge is -2.22. The molecule has 1 aromatic heterocycles. The second-order valence-electron chi connectivity index (χ2n) is 5.06. The van der Waals surface area contributed by atoms with Gasteiger partial charge in [-0.25, -0.2) is 8.78 Å². The molecule has 1 nitrogen and oxygen atoms in total. The quantitative estimate of drug-likeness (QED) is 0.702. The molecule has 0 aliphatic carbocycles. The van der Waals surface area contributed by atoms with Gasteiger partial charge in [-0.3, -0.25) is 0 Å². The molecular weight excluding hydrogens is 391 g/mol. The fraction of sp³-hybridized carbons (Fsp3) is 0.333. The maximum Gasteiger partial charge on any atom is 0.131 e. The molecule has 1 N–H and O–H groups in total. The third-order valence-corrected chi connectivity index (χ3v) is 4.82. The standard InChI is InChI=1S/C15H16F2INS/c1-8(2)19-15(10-5-14(18)20-7-10)11-4-9(3)12(16)6-13(11)17/h4-8,15,19H,1-3H3. The highest BCUT2D eigenvalue weighted by atomic mass is 127. The van der Waals surface area contributed by atoms with E-state index in [0.29, 0.717) is 11.1 Å². The van der Waals surface area contributed by atoms with Gasteiger partial charge in [-0.1, -0.05) is 0 Å². The van der Waals surface area contributed by atoms with Gasteiger partial charge in [-0.15, -0.1) is 11.3 Å². The first-order chi connectivity index (χ1) is 9.38. The van der Waals surface area contributed by atoms with E-state index < -0.39 is 11.6 Å². The van der Waals surface area contributed by atoms with Gasteiger partial charge in [-0.2, -0.15) is 0 Å². The summed E-state index contributed by atoms with van der Waals surface area (Å²) in [7, 11) is 0. The largest absolute Gasteiger partial charge is 0.304 e. The van der Waals surface area contributed by atoms with Crippen LogP contribution in [0.2, 0.25) is 0 Å². The van der Waals surface area contributed by atoms with E-state index in [1.165, 1.54) is 0 Å². The van der Waals surface area contributed by atoms with Crippen LogP contribution in [-0.2, 0) is 0 Å². The fourth-order valence-electron chi connectivity index (χ4n) is 2.07. The Balaban J connectivity index is 2.49. The number of hydrogen-bond acceptors (Lipinski definition) is 2. The van der Waals surface area contributed by atoms with Crippen LogP contribution in [-0.4, -0.2) is 6.04 Å². The summed E-state index contributed by atoms with van der Waals surface area (Å²) in [6.07, 6.45) is 0. The molecule has 2 rings (SSSR count). The molecule has 0 aliphatic heterocycles. The van der Waals surface area contributed by atoms with Crippen molar-refractivity contribution < 1.29 is 8.78 Å². The van der Waals surface area contributed by atoms with Crippen LogP contribution in [0.15, 0.2) is 23.6 Å². The zero-order valence-electron chi connectivity index (χ0n) is 11.5. The number of aryl methyl sites for hydroxylation is 1. The monoisotopic (exact) mass is 407 g/mol. The summed E-state index contributed by atoms with van der Waals surface area (Å²) in [5, 5.41) is 5.37. The Labute approximate surface area is 135 Å². The van der Waals surface area contributed by atoms with Crippen molar-refractivity contribution in [2.45, 2.75) is 32.9 Å². The molecule has 0 saturated carbocycles. The van der Waals surface area contributed by atoms with Crippen molar-refractivity contribution >= 4 is 33.9 Å². The van der Waals surface area contributed by atoms with Gasteiger partial charge in [0.1, 0.15) is 11.6 Å². The first-order valence-electron chi connectivity index (χ1n) is 6.34. The highest BCUT2D eigenvalue weighted by Crippen LogP contribution is 2.30. The highest BCUT2D eigenvalue weighted by Gasteiger charge is 2.21. The van der Waals surface area contributed by atoms with Crippen LogP contribution >= 0.6 is 33.9 Å². The average molecular weight is 407 g/mol. The molecular formula is C15H16F2INS. The zero-order valence-corrected chi connectivity index (χ0v) is 14.5. The van der Waals surface area contributed by atoms with Crippen LogP contribution in [0.5, 0.6) is 0 Å². The predicted molar refractivity (Wildman–Crippen MR) is 88.2 cm³/mol. The summed E-state index contributed by atoms with van der Waals surface area (Å²) in [5.74, 6) is -1.01. The summed E-state index contributed by atoms with van der Waals surface area (Å²) in [5.41, 5.74) is 1.96. The lowest BCUT2D eigenvalue weighted by molar-refractivity contribution is 0.497. The van der Waals surface area contributed by atoms with Gasteiger partial charge in [0, 0.05) is 17.7 Å². The van der Waals surface area contributed by atoms with Crippen molar-refractivity contribution in [3.05, 3.63) is 54.8 Å². The molecule has 0 amide bonds. The molecule has 108 valence electrons. The van der Waals surface area contributed by atoms with Crippen LogP contribution in [0.3, 0.4) is 0 Å². The first kappa shape index (κ1) is 15.9. The minimum Gasteiger partial charge on any atom is -0.304 e. The molecule has 0 spiro atoms. The van der Waals surface area contributed by atoms with Gasteiger partial charge in [0.2, 0.25) is 0 Å². The van der Waals surface area contributed by atoms with E-state index in [-0.39, 0.29) is 12.1 Å². The number of thiophene rings is 1. The Morgan fingerprint density at radius 3 is 2.40 bits per heavy atom. The van der Waals surface area contributed by atoms with Crippen molar-refractivity contribution in [3.63, 3.8) is 0 Å². The Morgan fingerprint density at radius 2 is 1.85 bits per heavy atom. The molecule has 5 heteroatoms. The van der Waals surface area contributed by atoms with Crippen LogP contribution in [0.1, 0.15) is 36.6 Å². The maximum atomic E-state index is 14.1. The van der Waals surface area contributed by atoms with Crippen molar-refractivity contribution in [2.24, 2.45) is 0 Å². The van der Waals surface area contributed by atoms with Crippen LogP contribution in [0.25, 0.3) is 0 Å². The van der Waals surface area contributed by atoms with Crippen molar-refractivity contribution in [1.29, 1.82) is 0 Å². The summed E-state index contributed by atoms with van der Waals surface area (Å²) >= 11 is 3.86. The van der Waals surface area contributed by atoms with E-state index in [9.17, 15) is 8.78 Å². The normalized spacial score (nSPS) is 12.9. The van der Waals surface area contributed by atoms with Crippen molar-refractivity contribution in [1.82, 2.24) is 5.32 Å².